The van der Waals surface area contributed by atoms with Crippen LogP contribution in [0.4, 0.5) is 5.69 Å². The zero-order valence-corrected chi connectivity index (χ0v) is 7.93. The number of phenols is 1. The van der Waals surface area contributed by atoms with E-state index >= 15 is 0 Å². The number of aromatic hydroxyl groups is 1. The molecule has 0 heterocycles. The Hall–Kier alpha value is -1.22. The number of rotatable bonds is 2. The highest BCUT2D eigenvalue weighted by Gasteiger charge is 2.12. The standard InChI is InChI=1S/C9H10ClNO2/c1-2-8(12)6-3-5(10)4-7(11)9(6)13/h3-4,13H,2,11H2,1H3. The maximum atomic E-state index is 11.3. The van der Waals surface area contributed by atoms with Crippen molar-refractivity contribution in [2.75, 3.05) is 5.73 Å². The molecule has 1 aromatic rings. The van der Waals surface area contributed by atoms with Crippen molar-refractivity contribution in [2.24, 2.45) is 0 Å². The van der Waals surface area contributed by atoms with Gasteiger partial charge < -0.3 is 10.8 Å². The molecule has 0 bridgehead atoms. The number of carbonyl (C=O) groups excluding carboxylic acids is 1. The van der Waals surface area contributed by atoms with Gasteiger partial charge in [-0.05, 0) is 12.1 Å². The summed E-state index contributed by atoms with van der Waals surface area (Å²) in [7, 11) is 0. The molecule has 0 spiro atoms. The molecule has 1 aromatic carbocycles. The van der Waals surface area contributed by atoms with Gasteiger partial charge in [0.2, 0.25) is 0 Å². The van der Waals surface area contributed by atoms with Crippen LogP contribution in [0.3, 0.4) is 0 Å². The van der Waals surface area contributed by atoms with E-state index in [-0.39, 0.29) is 22.8 Å². The minimum Gasteiger partial charge on any atom is -0.505 e. The number of anilines is 1. The van der Waals surface area contributed by atoms with E-state index in [0.29, 0.717) is 11.4 Å². The Morgan fingerprint density at radius 2 is 2.23 bits per heavy atom. The first kappa shape index (κ1) is 9.86. The molecule has 4 heteroatoms. The molecule has 0 fully saturated rings. The maximum absolute atomic E-state index is 11.3. The van der Waals surface area contributed by atoms with E-state index in [9.17, 15) is 9.90 Å². The molecule has 3 nitrogen and oxygen atoms in total. The molecule has 0 aliphatic heterocycles. The number of halogens is 1. The molecule has 0 amide bonds. The van der Waals surface area contributed by atoms with E-state index in [1.807, 2.05) is 0 Å². The van der Waals surface area contributed by atoms with Crippen LogP contribution in [0.5, 0.6) is 5.75 Å². The lowest BCUT2D eigenvalue weighted by molar-refractivity contribution is 0.0985. The van der Waals surface area contributed by atoms with Crippen molar-refractivity contribution in [2.45, 2.75) is 13.3 Å². The third-order valence-corrected chi connectivity index (χ3v) is 1.94. The molecule has 0 unspecified atom stereocenters. The van der Waals surface area contributed by atoms with Gasteiger partial charge in [0, 0.05) is 11.4 Å². The molecule has 0 aliphatic carbocycles. The third-order valence-electron chi connectivity index (χ3n) is 1.73. The Morgan fingerprint density at radius 1 is 1.62 bits per heavy atom. The van der Waals surface area contributed by atoms with Crippen molar-refractivity contribution in [3.05, 3.63) is 22.7 Å². The zero-order chi connectivity index (χ0) is 10.0. The maximum Gasteiger partial charge on any atom is 0.166 e. The van der Waals surface area contributed by atoms with Crippen LogP contribution < -0.4 is 5.73 Å². The van der Waals surface area contributed by atoms with Gasteiger partial charge in [0.1, 0.15) is 5.75 Å². The van der Waals surface area contributed by atoms with E-state index in [2.05, 4.69) is 0 Å². The first-order valence-electron chi connectivity index (χ1n) is 3.87. The molecule has 13 heavy (non-hydrogen) atoms. The van der Waals surface area contributed by atoms with Crippen molar-refractivity contribution < 1.29 is 9.90 Å². The fourth-order valence-electron chi connectivity index (χ4n) is 1.02. The summed E-state index contributed by atoms with van der Waals surface area (Å²) in [6, 6.07) is 2.82. The van der Waals surface area contributed by atoms with Gasteiger partial charge in [-0.15, -0.1) is 0 Å². The molecule has 0 aromatic heterocycles. The van der Waals surface area contributed by atoms with E-state index in [0.717, 1.165) is 0 Å². The van der Waals surface area contributed by atoms with Crippen LogP contribution in [0.15, 0.2) is 12.1 Å². The monoisotopic (exact) mass is 199 g/mol. The summed E-state index contributed by atoms with van der Waals surface area (Å²) in [4.78, 5) is 11.3. The van der Waals surface area contributed by atoms with Crippen LogP contribution in [0, 0.1) is 0 Å². The predicted molar refractivity (Wildman–Crippen MR) is 52.2 cm³/mol. The summed E-state index contributed by atoms with van der Waals surface area (Å²) in [5.41, 5.74) is 5.74. The molecule has 0 saturated carbocycles. The largest absolute Gasteiger partial charge is 0.505 e. The Kier molecular flexibility index (Phi) is 2.78. The van der Waals surface area contributed by atoms with Crippen molar-refractivity contribution in [1.29, 1.82) is 0 Å². The highest BCUT2D eigenvalue weighted by atomic mass is 35.5. The second kappa shape index (κ2) is 3.66. The first-order valence-corrected chi connectivity index (χ1v) is 4.25. The zero-order valence-electron chi connectivity index (χ0n) is 7.17. The van der Waals surface area contributed by atoms with E-state index in [1.165, 1.54) is 12.1 Å². The average molecular weight is 200 g/mol. The summed E-state index contributed by atoms with van der Waals surface area (Å²) in [5.74, 6) is -0.358. The van der Waals surface area contributed by atoms with Crippen molar-refractivity contribution in [3.63, 3.8) is 0 Å². The molecule has 3 N–H and O–H groups in total. The topological polar surface area (TPSA) is 63.3 Å². The molecule has 1 rings (SSSR count). The Bertz CT molecular complexity index is 350. The van der Waals surface area contributed by atoms with Gasteiger partial charge in [-0.3, -0.25) is 4.79 Å². The molecular formula is C9H10ClNO2. The van der Waals surface area contributed by atoms with E-state index in [1.54, 1.807) is 6.92 Å². The van der Waals surface area contributed by atoms with Crippen LogP contribution >= 0.6 is 11.6 Å². The summed E-state index contributed by atoms with van der Waals surface area (Å²) in [6.45, 7) is 1.71. The van der Waals surface area contributed by atoms with Crippen LogP contribution in [-0.2, 0) is 0 Å². The lowest BCUT2D eigenvalue weighted by atomic mass is 10.1. The van der Waals surface area contributed by atoms with Gasteiger partial charge in [-0.25, -0.2) is 0 Å². The van der Waals surface area contributed by atoms with Crippen LogP contribution in [-0.4, -0.2) is 10.9 Å². The molecule has 70 valence electrons. The van der Waals surface area contributed by atoms with E-state index in [4.69, 9.17) is 17.3 Å². The van der Waals surface area contributed by atoms with E-state index < -0.39 is 0 Å². The Morgan fingerprint density at radius 3 is 2.77 bits per heavy atom. The number of benzene rings is 1. The minimum atomic E-state index is -0.184. The van der Waals surface area contributed by atoms with Crippen molar-refractivity contribution >= 4 is 23.1 Å². The number of ketones is 1. The number of hydrogen-bond donors (Lipinski definition) is 2. The normalized spacial score (nSPS) is 10.0. The number of nitrogens with two attached hydrogens (primary N) is 1. The van der Waals surface area contributed by atoms with Gasteiger partial charge in [0.25, 0.3) is 0 Å². The highest BCUT2D eigenvalue weighted by molar-refractivity contribution is 6.31. The lowest BCUT2D eigenvalue weighted by Gasteiger charge is -2.05. The summed E-state index contributed by atoms with van der Waals surface area (Å²) in [6.07, 6.45) is 0.313. The van der Waals surface area contributed by atoms with Crippen LogP contribution in [0.1, 0.15) is 23.7 Å². The SMILES string of the molecule is CCC(=O)c1cc(Cl)cc(N)c1O. The average Bonchev–Trinajstić information content (AvgIpc) is 2.10. The molecular weight excluding hydrogens is 190 g/mol. The second-order valence-corrected chi connectivity index (χ2v) is 3.10. The van der Waals surface area contributed by atoms with Gasteiger partial charge >= 0.3 is 0 Å². The summed E-state index contributed by atoms with van der Waals surface area (Å²) >= 11 is 5.68. The van der Waals surface area contributed by atoms with Crippen LogP contribution in [0.2, 0.25) is 5.02 Å². The number of Topliss-reactive ketones (excluding diaryl/α,β-unsaturated/α-hetero) is 1. The fraction of sp³-hybridized carbons (Fsp3) is 0.222. The van der Waals surface area contributed by atoms with Gasteiger partial charge in [0.05, 0.1) is 11.3 Å². The smallest absolute Gasteiger partial charge is 0.166 e. The molecule has 0 saturated heterocycles. The van der Waals surface area contributed by atoms with Crippen molar-refractivity contribution in [3.8, 4) is 5.75 Å². The molecule has 0 aliphatic rings. The first-order chi connectivity index (χ1) is 6.06. The number of phenolic OH excluding ortho intramolecular Hbond substituents is 1. The van der Waals surface area contributed by atoms with Crippen molar-refractivity contribution in [1.82, 2.24) is 0 Å². The molecule has 0 radical (unpaired) electrons. The van der Waals surface area contributed by atoms with Gasteiger partial charge in [0.15, 0.2) is 5.78 Å². The summed E-state index contributed by atoms with van der Waals surface area (Å²) < 4.78 is 0. The highest BCUT2D eigenvalue weighted by Crippen LogP contribution is 2.29. The van der Waals surface area contributed by atoms with Gasteiger partial charge in [-0.2, -0.15) is 0 Å². The number of nitrogen functional groups attached to an aromatic ring is 1. The fourth-order valence-corrected chi connectivity index (χ4v) is 1.25. The number of carbonyl (C=O) groups is 1. The predicted octanol–water partition coefficient (Wildman–Crippen LogP) is 2.22. The minimum absolute atomic E-state index is 0.129. The summed E-state index contributed by atoms with van der Waals surface area (Å²) in [5, 5.41) is 9.77. The Labute approximate surface area is 81.1 Å². The lowest BCUT2D eigenvalue weighted by Crippen LogP contribution is -1.99. The van der Waals surface area contributed by atoms with Gasteiger partial charge in [-0.1, -0.05) is 18.5 Å². The Balaban J connectivity index is 3.28. The van der Waals surface area contributed by atoms with Crippen LogP contribution in [0.25, 0.3) is 0 Å². The second-order valence-electron chi connectivity index (χ2n) is 2.67. The third kappa shape index (κ3) is 1.92. The number of hydrogen-bond acceptors (Lipinski definition) is 3. The molecule has 0 atom stereocenters. The quantitative estimate of drug-likeness (QED) is 0.436.